The van der Waals surface area contributed by atoms with Crippen LogP contribution in [0.4, 0.5) is 0 Å². The van der Waals surface area contributed by atoms with Crippen molar-refractivity contribution in [2.75, 3.05) is 0 Å². The molecule has 1 fully saturated rings. The second-order valence-corrected chi connectivity index (χ2v) is 7.62. The van der Waals surface area contributed by atoms with Gasteiger partial charge in [0.25, 0.3) is 0 Å². The van der Waals surface area contributed by atoms with Gasteiger partial charge in [0.05, 0.1) is 12.0 Å². The Balaban J connectivity index is 2.27. The molecule has 1 aliphatic carbocycles. The molecule has 1 heterocycles. The molecule has 1 aliphatic heterocycles. The third-order valence-corrected chi connectivity index (χ3v) is 5.94. The number of carboxylic acid groups (broad SMARTS) is 1. The molecule has 0 saturated carbocycles. The van der Waals surface area contributed by atoms with Crippen molar-refractivity contribution in [3.8, 4) is 0 Å². The summed E-state index contributed by atoms with van der Waals surface area (Å²) in [5.41, 5.74) is -3.93. The molecule has 1 unspecified atom stereocenters. The summed E-state index contributed by atoms with van der Waals surface area (Å²) in [6, 6.07) is 0. The molecule has 0 bridgehead atoms. The molecule has 1 saturated heterocycles. The summed E-state index contributed by atoms with van der Waals surface area (Å²) < 4.78 is 0. The molecule has 4 N–H and O–H groups in total. The fourth-order valence-electron chi connectivity index (χ4n) is 4.32. The van der Waals surface area contributed by atoms with E-state index in [9.17, 15) is 24.9 Å². The van der Waals surface area contributed by atoms with Gasteiger partial charge >= 0.3 is 5.97 Å². The van der Waals surface area contributed by atoms with Crippen molar-refractivity contribution in [1.29, 1.82) is 0 Å². The largest absolute Gasteiger partial charge is 0.479 e. The average Bonchev–Trinajstić information content (AvgIpc) is 2.79. The van der Waals surface area contributed by atoms with Crippen LogP contribution in [0.2, 0.25) is 0 Å². The van der Waals surface area contributed by atoms with Gasteiger partial charge in [-0.3, -0.25) is 4.79 Å². The summed E-state index contributed by atoms with van der Waals surface area (Å²) in [6.07, 6.45) is 8.92. The lowest BCUT2D eigenvalue weighted by atomic mass is 9.68. The highest BCUT2D eigenvalue weighted by molar-refractivity contribution is 5.95. The van der Waals surface area contributed by atoms with Crippen LogP contribution in [0.1, 0.15) is 65.2 Å². The molecule has 5 atom stereocenters. The van der Waals surface area contributed by atoms with Gasteiger partial charge in [-0.2, -0.15) is 0 Å². The van der Waals surface area contributed by atoms with E-state index in [1.54, 1.807) is 6.08 Å². The molecule has 2 aliphatic rings. The van der Waals surface area contributed by atoms with E-state index in [2.05, 4.69) is 12.2 Å². The highest BCUT2D eigenvalue weighted by Crippen LogP contribution is 2.44. The van der Waals surface area contributed by atoms with Crippen molar-refractivity contribution in [1.82, 2.24) is 5.32 Å². The molecule has 2 rings (SSSR count). The summed E-state index contributed by atoms with van der Waals surface area (Å²) in [4.78, 5) is 24.6. The predicted molar refractivity (Wildman–Crippen MR) is 93.9 cm³/mol. The van der Waals surface area contributed by atoms with Gasteiger partial charge in [0, 0.05) is 5.92 Å². The Kier molecular flexibility index (Phi) is 6.27. The molecule has 1 amide bonds. The quantitative estimate of drug-likeness (QED) is 0.394. The van der Waals surface area contributed by atoms with Gasteiger partial charge in [-0.25, -0.2) is 4.79 Å². The molecule has 0 aromatic heterocycles. The number of hydrogen-bond donors (Lipinski definition) is 4. The van der Waals surface area contributed by atoms with Gasteiger partial charge in [-0.05, 0) is 32.6 Å². The lowest BCUT2D eigenvalue weighted by Gasteiger charge is -2.43. The second kappa shape index (κ2) is 7.87. The highest BCUT2D eigenvalue weighted by Gasteiger charge is 2.69. The molecule has 25 heavy (non-hydrogen) atoms. The smallest absolute Gasteiger partial charge is 0.335 e. The lowest BCUT2D eigenvalue weighted by Crippen LogP contribution is -2.70. The van der Waals surface area contributed by atoms with Crippen molar-refractivity contribution in [2.45, 2.75) is 82.5 Å². The molecular formula is C19H31NO5. The first-order valence-electron chi connectivity index (χ1n) is 9.41. The van der Waals surface area contributed by atoms with Crippen LogP contribution in [0.25, 0.3) is 0 Å². The van der Waals surface area contributed by atoms with E-state index in [1.807, 2.05) is 6.08 Å². The molecule has 0 aromatic rings. The summed E-state index contributed by atoms with van der Waals surface area (Å²) in [7, 11) is 0. The Morgan fingerprint density at radius 1 is 1.40 bits per heavy atom. The van der Waals surface area contributed by atoms with E-state index in [1.165, 1.54) is 6.92 Å². The van der Waals surface area contributed by atoms with Crippen LogP contribution in [0.5, 0.6) is 0 Å². The third kappa shape index (κ3) is 3.47. The fraction of sp³-hybridized carbons (Fsp3) is 0.789. The highest BCUT2D eigenvalue weighted by atomic mass is 16.4. The van der Waals surface area contributed by atoms with Gasteiger partial charge in [0.15, 0.2) is 5.54 Å². The first-order valence-corrected chi connectivity index (χ1v) is 9.41. The number of unbranched alkanes of at least 4 members (excludes halogenated alkanes) is 3. The maximum atomic E-state index is 12.5. The summed E-state index contributed by atoms with van der Waals surface area (Å²) in [5, 5.41) is 34.3. The van der Waals surface area contributed by atoms with Crippen LogP contribution < -0.4 is 5.32 Å². The van der Waals surface area contributed by atoms with Crippen LogP contribution >= 0.6 is 0 Å². The first kappa shape index (κ1) is 19.9. The van der Waals surface area contributed by atoms with Crippen molar-refractivity contribution in [3.63, 3.8) is 0 Å². The SMILES string of the molecule is CCCCCC[C@H]1C(=O)N[C@](C(=O)O)([C@@H](O)C2C=CCCC2)[C@@]1(C)O. The van der Waals surface area contributed by atoms with E-state index in [-0.39, 0.29) is 0 Å². The number of amides is 1. The van der Waals surface area contributed by atoms with Gasteiger partial charge < -0.3 is 20.6 Å². The Morgan fingerprint density at radius 3 is 2.68 bits per heavy atom. The minimum absolute atomic E-state index is 0.393. The van der Waals surface area contributed by atoms with Crippen LogP contribution in [-0.2, 0) is 9.59 Å². The number of carbonyl (C=O) groups excluding carboxylic acids is 1. The van der Waals surface area contributed by atoms with Crippen molar-refractivity contribution in [2.24, 2.45) is 11.8 Å². The topological polar surface area (TPSA) is 107 Å². The van der Waals surface area contributed by atoms with E-state index in [4.69, 9.17) is 0 Å². The number of allylic oxidation sites excluding steroid dienone is 1. The minimum atomic E-state index is -2.08. The normalized spacial score (nSPS) is 36.2. The Bertz CT molecular complexity index is 530. The maximum absolute atomic E-state index is 12.5. The summed E-state index contributed by atoms with van der Waals surface area (Å²) in [5.74, 6) is -3.09. The molecular weight excluding hydrogens is 322 g/mol. The Morgan fingerprint density at radius 2 is 2.12 bits per heavy atom. The monoisotopic (exact) mass is 353 g/mol. The second-order valence-electron chi connectivity index (χ2n) is 7.62. The Labute approximate surface area is 149 Å². The number of hydrogen-bond acceptors (Lipinski definition) is 4. The number of rotatable bonds is 8. The summed E-state index contributed by atoms with van der Waals surface area (Å²) >= 11 is 0. The average molecular weight is 353 g/mol. The zero-order valence-electron chi connectivity index (χ0n) is 15.2. The molecule has 142 valence electrons. The molecule has 6 nitrogen and oxygen atoms in total. The van der Waals surface area contributed by atoms with Gasteiger partial charge in [-0.1, -0.05) is 44.8 Å². The molecule has 0 spiro atoms. The number of nitrogens with one attached hydrogen (secondary N) is 1. The minimum Gasteiger partial charge on any atom is -0.479 e. The molecule has 0 aromatic carbocycles. The van der Waals surface area contributed by atoms with E-state index < -0.39 is 41.0 Å². The maximum Gasteiger partial charge on any atom is 0.335 e. The van der Waals surface area contributed by atoms with Gasteiger partial charge in [0.1, 0.15) is 5.60 Å². The van der Waals surface area contributed by atoms with E-state index >= 15 is 0 Å². The van der Waals surface area contributed by atoms with E-state index in [0.717, 1.165) is 38.5 Å². The number of carboxylic acids is 1. The molecule has 6 heteroatoms. The van der Waals surface area contributed by atoms with Gasteiger partial charge in [0.2, 0.25) is 5.91 Å². The standard InChI is InChI=1S/C19H31NO5/c1-3-4-5-9-12-14-16(22)20-19(17(23)24,18(14,2)25)15(21)13-10-7-6-8-11-13/h7,10,13-15,21,25H,3-6,8-9,11-12H2,1-2H3,(H,20,22)(H,23,24)/t13?,14-,15-,18-,19-/m0/s1. The van der Waals surface area contributed by atoms with Gasteiger partial charge in [-0.15, -0.1) is 0 Å². The predicted octanol–water partition coefficient (Wildman–Crippen LogP) is 1.99. The van der Waals surface area contributed by atoms with Crippen molar-refractivity contribution >= 4 is 11.9 Å². The van der Waals surface area contributed by atoms with Crippen LogP contribution in [0.15, 0.2) is 12.2 Å². The number of aliphatic hydroxyl groups is 2. The van der Waals surface area contributed by atoms with Crippen LogP contribution in [0, 0.1) is 11.8 Å². The summed E-state index contributed by atoms with van der Waals surface area (Å²) in [6.45, 7) is 3.46. The van der Waals surface area contributed by atoms with Crippen molar-refractivity contribution < 1.29 is 24.9 Å². The zero-order chi connectivity index (χ0) is 18.7. The fourth-order valence-corrected chi connectivity index (χ4v) is 4.32. The van der Waals surface area contributed by atoms with Crippen LogP contribution in [-0.4, -0.2) is 44.4 Å². The van der Waals surface area contributed by atoms with E-state index in [0.29, 0.717) is 12.8 Å². The number of aliphatic carboxylic acids is 1. The third-order valence-electron chi connectivity index (χ3n) is 5.94. The van der Waals surface area contributed by atoms with Crippen molar-refractivity contribution in [3.05, 3.63) is 12.2 Å². The number of carbonyl (C=O) groups is 2. The number of aliphatic hydroxyl groups excluding tert-OH is 1. The molecule has 0 radical (unpaired) electrons. The van der Waals surface area contributed by atoms with Crippen LogP contribution in [0.3, 0.4) is 0 Å². The zero-order valence-corrected chi connectivity index (χ0v) is 15.2. The Hall–Kier alpha value is -1.40. The lowest BCUT2D eigenvalue weighted by molar-refractivity contribution is -0.170. The first-order chi connectivity index (χ1) is 11.8.